The molecular weight excluding hydrogens is 332 g/mol. The first-order chi connectivity index (χ1) is 11.9. The highest BCUT2D eigenvalue weighted by Gasteiger charge is 2.50. The Morgan fingerprint density at radius 2 is 2.08 bits per heavy atom. The maximum Gasteiger partial charge on any atom is 0.343 e. The van der Waals surface area contributed by atoms with Crippen LogP contribution >= 0.6 is 0 Å². The molecular formula is C16H23F2N5O2. The van der Waals surface area contributed by atoms with E-state index in [1.165, 1.54) is 4.90 Å². The number of carbonyl (C=O) groups is 1. The molecule has 1 aliphatic carbocycles. The number of aromatic amines is 1. The fourth-order valence-corrected chi connectivity index (χ4v) is 4.32. The van der Waals surface area contributed by atoms with E-state index in [9.17, 15) is 18.4 Å². The maximum absolute atomic E-state index is 13.5. The fraction of sp³-hybridized carbons (Fsp3) is 0.812. The molecule has 9 heteroatoms. The summed E-state index contributed by atoms with van der Waals surface area (Å²) in [5.41, 5.74) is -0.293. The normalized spacial score (nSPS) is 28.8. The zero-order valence-corrected chi connectivity index (χ0v) is 14.3. The van der Waals surface area contributed by atoms with Gasteiger partial charge in [-0.2, -0.15) is 5.10 Å². The van der Waals surface area contributed by atoms with Crippen LogP contribution in [-0.2, 0) is 6.54 Å². The quantitative estimate of drug-likeness (QED) is 0.899. The Kier molecular flexibility index (Phi) is 3.84. The fourth-order valence-electron chi connectivity index (χ4n) is 4.32. The van der Waals surface area contributed by atoms with Gasteiger partial charge in [0.05, 0.1) is 12.6 Å². The van der Waals surface area contributed by atoms with Crippen molar-refractivity contribution in [3.05, 3.63) is 16.3 Å². The lowest BCUT2D eigenvalue weighted by atomic mass is 9.94. The van der Waals surface area contributed by atoms with E-state index in [1.54, 1.807) is 9.47 Å². The highest BCUT2D eigenvalue weighted by atomic mass is 19.3. The molecule has 1 saturated carbocycles. The van der Waals surface area contributed by atoms with Crippen molar-refractivity contribution in [3.63, 3.8) is 0 Å². The predicted molar refractivity (Wildman–Crippen MR) is 85.3 cm³/mol. The summed E-state index contributed by atoms with van der Waals surface area (Å²) in [6.45, 7) is 2.39. The zero-order chi connectivity index (χ0) is 17.8. The van der Waals surface area contributed by atoms with Crippen LogP contribution in [0.1, 0.15) is 44.5 Å². The molecule has 2 aliphatic heterocycles. The second-order valence-electron chi connectivity index (χ2n) is 7.37. The van der Waals surface area contributed by atoms with Crippen molar-refractivity contribution >= 4 is 6.03 Å². The number of rotatable bonds is 3. The topological polar surface area (TPSA) is 74.2 Å². The first-order valence-electron chi connectivity index (χ1n) is 9.00. The van der Waals surface area contributed by atoms with Crippen LogP contribution in [0.4, 0.5) is 13.6 Å². The van der Waals surface area contributed by atoms with Crippen molar-refractivity contribution in [1.82, 2.24) is 24.6 Å². The Morgan fingerprint density at radius 3 is 2.68 bits per heavy atom. The van der Waals surface area contributed by atoms with Crippen LogP contribution in [0.3, 0.4) is 0 Å². The van der Waals surface area contributed by atoms with Crippen molar-refractivity contribution in [2.45, 2.75) is 51.1 Å². The molecule has 2 unspecified atom stereocenters. The number of urea groups is 1. The van der Waals surface area contributed by atoms with Crippen LogP contribution < -0.4 is 5.69 Å². The molecule has 2 atom stereocenters. The summed E-state index contributed by atoms with van der Waals surface area (Å²) in [5, 5.41) is 6.65. The minimum Gasteiger partial charge on any atom is -0.318 e. The summed E-state index contributed by atoms with van der Waals surface area (Å²) in [6.07, 6.45) is 2.78. The SMILES string of the molecule is CCn1c(C2C(C3CC3)CCN2C(=O)N2CCC(F)(F)C2)n[nH]c1=O. The summed E-state index contributed by atoms with van der Waals surface area (Å²) in [7, 11) is 0. The number of nitrogens with zero attached hydrogens (tertiary/aromatic N) is 4. The van der Waals surface area contributed by atoms with Gasteiger partial charge in [-0.05, 0) is 38.0 Å². The van der Waals surface area contributed by atoms with Gasteiger partial charge in [-0.25, -0.2) is 23.5 Å². The Balaban J connectivity index is 1.64. The van der Waals surface area contributed by atoms with Gasteiger partial charge in [0.15, 0.2) is 5.82 Å². The lowest BCUT2D eigenvalue weighted by Crippen LogP contribution is -2.44. The van der Waals surface area contributed by atoms with Crippen molar-refractivity contribution in [3.8, 4) is 0 Å². The molecule has 1 N–H and O–H groups in total. The first-order valence-corrected chi connectivity index (χ1v) is 9.00. The lowest BCUT2D eigenvalue weighted by Gasteiger charge is -2.31. The highest BCUT2D eigenvalue weighted by Crippen LogP contribution is 2.50. The van der Waals surface area contributed by atoms with E-state index in [4.69, 9.17) is 0 Å². The minimum absolute atomic E-state index is 0.0737. The molecule has 25 heavy (non-hydrogen) atoms. The third kappa shape index (κ3) is 2.83. The Hall–Kier alpha value is -1.93. The number of alkyl halides is 2. The molecule has 138 valence electrons. The van der Waals surface area contributed by atoms with E-state index in [0.29, 0.717) is 24.8 Å². The number of nitrogens with one attached hydrogen (secondary N) is 1. The highest BCUT2D eigenvalue weighted by molar-refractivity contribution is 5.75. The van der Waals surface area contributed by atoms with Gasteiger partial charge < -0.3 is 9.80 Å². The van der Waals surface area contributed by atoms with Crippen LogP contribution in [0.15, 0.2) is 4.79 Å². The second kappa shape index (κ2) is 5.81. The lowest BCUT2D eigenvalue weighted by molar-refractivity contribution is 0.0134. The molecule has 0 aromatic carbocycles. The largest absolute Gasteiger partial charge is 0.343 e. The van der Waals surface area contributed by atoms with Gasteiger partial charge in [0, 0.05) is 26.1 Å². The number of carbonyl (C=O) groups excluding carboxylic acids is 1. The van der Waals surface area contributed by atoms with Gasteiger partial charge >= 0.3 is 11.7 Å². The van der Waals surface area contributed by atoms with E-state index in [2.05, 4.69) is 10.2 Å². The van der Waals surface area contributed by atoms with Crippen LogP contribution in [0.2, 0.25) is 0 Å². The maximum atomic E-state index is 13.5. The standard InChI is InChI=1S/C16H23F2N5O2/c1-2-22-13(19-20-14(22)24)12-11(10-3-4-10)5-7-23(12)15(25)21-8-6-16(17,18)9-21/h10-12H,2-9H2,1H3,(H,20,24). The number of likely N-dealkylation sites (tertiary alicyclic amines) is 2. The van der Waals surface area contributed by atoms with Gasteiger partial charge in [-0.3, -0.25) is 4.57 Å². The third-order valence-electron chi connectivity index (χ3n) is 5.73. The molecule has 3 aliphatic rings. The van der Waals surface area contributed by atoms with Crippen LogP contribution in [0.5, 0.6) is 0 Å². The Bertz CT molecular complexity index is 726. The average molecular weight is 355 g/mol. The summed E-state index contributed by atoms with van der Waals surface area (Å²) in [5.74, 6) is -1.48. The van der Waals surface area contributed by atoms with Crippen molar-refractivity contribution < 1.29 is 13.6 Å². The molecule has 2 amide bonds. The number of amides is 2. The summed E-state index contributed by atoms with van der Waals surface area (Å²) < 4.78 is 28.6. The van der Waals surface area contributed by atoms with E-state index in [1.807, 2.05) is 6.92 Å². The van der Waals surface area contributed by atoms with Gasteiger partial charge in [0.25, 0.3) is 5.92 Å². The van der Waals surface area contributed by atoms with E-state index < -0.39 is 12.5 Å². The average Bonchev–Trinajstić information content (AvgIpc) is 3.05. The number of aromatic nitrogens is 3. The van der Waals surface area contributed by atoms with E-state index >= 15 is 0 Å². The summed E-state index contributed by atoms with van der Waals surface area (Å²) in [4.78, 5) is 27.8. The molecule has 4 rings (SSSR count). The molecule has 3 fully saturated rings. The molecule has 1 aromatic rings. The second-order valence-corrected chi connectivity index (χ2v) is 7.37. The van der Waals surface area contributed by atoms with Gasteiger partial charge in [-0.1, -0.05) is 0 Å². The molecule has 0 spiro atoms. The predicted octanol–water partition coefficient (Wildman–Crippen LogP) is 1.83. The van der Waals surface area contributed by atoms with Crippen molar-refractivity contribution in [2.24, 2.45) is 11.8 Å². The number of H-pyrrole nitrogens is 1. The Labute approximate surface area is 144 Å². The van der Waals surface area contributed by atoms with Crippen LogP contribution in [0, 0.1) is 11.8 Å². The molecule has 0 radical (unpaired) electrons. The smallest absolute Gasteiger partial charge is 0.318 e. The molecule has 3 heterocycles. The summed E-state index contributed by atoms with van der Waals surface area (Å²) >= 11 is 0. The monoisotopic (exact) mass is 355 g/mol. The molecule has 1 aromatic heterocycles. The number of hydrogen-bond donors (Lipinski definition) is 1. The first kappa shape index (κ1) is 16.5. The zero-order valence-electron chi connectivity index (χ0n) is 14.3. The van der Waals surface area contributed by atoms with E-state index in [-0.39, 0.29) is 36.6 Å². The van der Waals surface area contributed by atoms with Gasteiger partial charge in [-0.15, -0.1) is 0 Å². The summed E-state index contributed by atoms with van der Waals surface area (Å²) in [6, 6.07) is -0.670. The molecule has 0 bridgehead atoms. The van der Waals surface area contributed by atoms with Gasteiger partial charge in [0.1, 0.15) is 0 Å². The molecule has 7 nitrogen and oxygen atoms in total. The van der Waals surface area contributed by atoms with Crippen LogP contribution in [-0.4, -0.2) is 56.2 Å². The van der Waals surface area contributed by atoms with Gasteiger partial charge in [0.2, 0.25) is 0 Å². The van der Waals surface area contributed by atoms with Crippen LogP contribution in [0.25, 0.3) is 0 Å². The number of hydrogen-bond acceptors (Lipinski definition) is 3. The number of halogens is 2. The Morgan fingerprint density at radius 1 is 1.32 bits per heavy atom. The molecule has 2 saturated heterocycles. The van der Waals surface area contributed by atoms with Crippen molar-refractivity contribution in [2.75, 3.05) is 19.6 Å². The third-order valence-corrected chi connectivity index (χ3v) is 5.73. The minimum atomic E-state index is -2.81. The van der Waals surface area contributed by atoms with Crippen molar-refractivity contribution in [1.29, 1.82) is 0 Å². The van der Waals surface area contributed by atoms with E-state index in [0.717, 1.165) is 19.3 Å².